The standard InChI is InChI=1S/C23H25ClN2O3S/c1-16-7-8-17-14-18(23(27)25-22(17)13-16)15-26(20-5-3-2-4-6-20)30(28,29)21-11-9-19(24)10-12-21/h7-14,20H,2-6,15H2,1H3,(H,25,27). The Bertz CT molecular complexity index is 1210. The van der Waals surface area contributed by atoms with Gasteiger partial charge < -0.3 is 4.98 Å². The van der Waals surface area contributed by atoms with E-state index < -0.39 is 10.0 Å². The van der Waals surface area contributed by atoms with E-state index in [0.717, 1.165) is 48.6 Å². The normalized spacial score (nSPS) is 15.7. The highest BCUT2D eigenvalue weighted by Crippen LogP contribution is 2.30. The summed E-state index contributed by atoms with van der Waals surface area (Å²) >= 11 is 5.95. The van der Waals surface area contributed by atoms with Gasteiger partial charge in [-0.15, -0.1) is 0 Å². The molecule has 0 aliphatic heterocycles. The van der Waals surface area contributed by atoms with Crippen molar-refractivity contribution in [1.29, 1.82) is 0 Å². The number of aromatic nitrogens is 1. The van der Waals surface area contributed by atoms with Gasteiger partial charge in [-0.3, -0.25) is 4.79 Å². The molecule has 1 aromatic heterocycles. The monoisotopic (exact) mass is 444 g/mol. The number of fused-ring (bicyclic) bond motifs is 1. The van der Waals surface area contributed by atoms with Crippen molar-refractivity contribution < 1.29 is 8.42 Å². The maximum absolute atomic E-state index is 13.5. The van der Waals surface area contributed by atoms with Crippen molar-refractivity contribution in [1.82, 2.24) is 9.29 Å². The molecule has 0 amide bonds. The molecule has 0 saturated heterocycles. The van der Waals surface area contributed by atoms with Crippen LogP contribution in [0.2, 0.25) is 5.02 Å². The van der Waals surface area contributed by atoms with Crippen molar-refractivity contribution in [3.63, 3.8) is 0 Å². The second kappa shape index (κ2) is 8.53. The third-order valence-corrected chi connectivity index (χ3v) is 7.97. The summed E-state index contributed by atoms with van der Waals surface area (Å²) in [4.78, 5) is 15.9. The van der Waals surface area contributed by atoms with Gasteiger partial charge in [0.1, 0.15) is 0 Å². The van der Waals surface area contributed by atoms with Crippen LogP contribution in [-0.4, -0.2) is 23.7 Å². The second-order valence-corrected chi connectivity index (χ2v) is 10.3. The van der Waals surface area contributed by atoms with E-state index in [1.54, 1.807) is 18.2 Å². The van der Waals surface area contributed by atoms with Gasteiger partial charge >= 0.3 is 0 Å². The molecule has 158 valence electrons. The van der Waals surface area contributed by atoms with Crippen molar-refractivity contribution in [2.24, 2.45) is 0 Å². The molecule has 0 radical (unpaired) electrons. The molecule has 0 bridgehead atoms. The van der Waals surface area contributed by atoms with Crippen LogP contribution in [-0.2, 0) is 16.6 Å². The lowest BCUT2D eigenvalue weighted by Crippen LogP contribution is -2.42. The molecule has 1 aliphatic carbocycles. The van der Waals surface area contributed by atoms with Gasteiger partial charge in [0.15, 0.2) is 0 Å². The summed E-state index contributed by atoms with van der Waals surface area (Å²) in [5.41, 5.74) is 2.02. The van der Waals surface area contributed by atoms with Gasteiger partial charge in [-0.25, -0.2) is 8.42 Å². The van der Waals surface area contributed by atoms with E-state index in [-0.39, 0.29) is 23.0 Å². The number of aryl methyl sites for hydroxylation is 1. The van der Waals surface area contributed by atoms with Crippen LogP contribution in [0.5, 0.6) is 0 Å². The van der Waals surface area contributed by atoms with Crippen molar-refractivity contribution in [2.75, 3.05) is 0 Å². The van der Waals surface area contributed by atoms with Crippen molar-refractivity contribution >= 4 is 32.5 Å². The van der Waals surface area contributed by atoms with Crippen molar-refractivity contribution in [3.05, 3.63) is 75.0 Å². The number of nitrogens with zero attached hydrogens (tertiary/aromatic N) is 1. The number of pyridine rings is 1. The SMILES string of the molecule is Cc1ccc2cc(CN(C3CCCCC3)S(=O)(=O)c3ccc(Cl)cc3)c(=O)[nH]c2c1. The summed E-state index contributed by atoms with van der Waals surface area (Å²) in [6.07, 6.45) is 4.70. The van der Waals surface area contributed by atoms with Crippen LogP contribution < -0.4 is 5.56 Å². The van der Waals surface area contributed by atoms with E-state index in [4.69, 9.17) is 11.6 Å². The molecule has 1 heterocycles. The molecule has 4 rings (SSSR count). The number of hydrogen-bond donors (Lipinski definition) is 1. The molecule has 30 heavy (non-hydrogen) atoms. The fourth-order valence-electron chi connectivity index (χ4n) is 4.17. The lowest BCUT2D eigenvalue weighted by atomic mass is 9.95. The highest BCUT2D eigenvalue weighted by atomic mass is 35.5. The minimum Gasteiger partial charge on any atom is -0.322 e. The molecule has 0 spiro atoms. The van der Waals surface area contributed by atoms with Crippen molar-refractivity contribution in [2.45, 2.75) is 56.5 Å². The summed E-state index contributed by atoms with van der Waals surface area (Å²) in [5.74, 6) is 0. The summed E-state index contributed by atoms with van der Waals surface area (Å²) in [6.45, 7) is 2.02. The Morgan fingerprint density at radius 2 is 1.73 bits per heavy atom. The lowest BCUT2D eigenvalue weighted by Gasteiger charge is -2.33. The zero-order chi connectivity index (χ0) is 21.3. The Morgan fingerprint density at radius 3 is 2.43 bits per heavy atom. The summed E-state index contributed by atoms with van der Waals surface area (Å²) in [6, 6.07) is 13.8. The van der Waals surface area contributed by atoms with E-state index in [1.165, 1.54) is 16.4 Å². The molecule has 7 heteroatoms. The first-order valence-electron chi connectivity index (χ1n) is 10.2. The molecule has 1 N–H and O–H groups in total. The van der Waals surface area contributed by atoms with Crippen LogP contribution in [0.1, 0.15) is 43.2 Å². The summed E-state index contributed by atoms with van der Waals surface area (Å²) in [5, 5.41) is 1.38. The maximum atomic E-state index is 13.5. The molecule has 1 saturated carbocycles. The fraction of sp³-hybridized carbons (Fsp3) is 0.348. The molecule has 2 aromatic carbocycles. The van der Waals surface area contributed by atoms with Gasteiger partial charge in [0, 0.05) is 28.7 Å². The van der Waals surface area contributed by atoms with Crippen LogP contribution in [0, 0.1) is 6.92 Å². The predicted octanol–water partition coefficient (Wildman–Crippen LogP) is 5.01. The molecular weight excluding hydrogens is 420 g/mol. The third kappa shape index (κ3) is 4.31. The minimum atomic E-state index is -3.77. The fourth-order valence-corrected chi connectivity index (χ4v) is 5.96. The second-order valence-electron chi connectivity index (χ2n) is 8.01. The average molecular weight is 445 g/mol. The molecule has 5 nitrogen and oxygen atoms in total. The van der Waals surface area contributed by atoms with E-state index in [1.807, 2.05) is 25.1 Å². The topological polar surface area (TPSA) is 70.2 Å². The van der Waals surface area contributed by atoms with Crippen molar-refractivity contribution in [3.8, 4) is 0 Å². The molecule has 3 aromatic rings. The zero-order valence-corrected chi connectivity index (χ0v) is 18.5. The molecule has 1 aliphatic rings. The highest BCUT2D eigenvalue weighted by Gasteiger charge is 2.33. The van der Waals surface area contributed by atoms with Gasteiger partial charge in [0.05, 0.1) is 4.90 Å². The highest BCUT2D eigenvalue weighted by molar-refractivity contribution is 7.89. The number of hydrogen-bond acceptors (Lipinski definition) is 3. The van der Waals surface area contributed by atoms with Crippen LogP contribution in [0.15, 0.2) is 58.2 Å². The Kier molecular flexibility index (Phi) is 6.00. The van der Waals surface area contributed by atoms with Gasteiger partial charge in [-0.05, 0) is 67.1 Å². The van der Waals surface area contributed by atoms with Gasteiger partial charge in [-0.2, -0.15) is 4.31 Å². The Balaban J connectivity index is 1.76. The van der Waals surface area contributed by atoms with Crippen LogP contribution in [0.25, 0.3) is 10.9 Å². The first-order valence-corrected chi connectivity index (χ1v) is 12.1. The van der Waals surface area contributed by atoms with Crippen LogP contribution in [0.4, 0.5) is 0 Å². The zero-order valence-electron chi connectivity index (χ0n) is 16.9. The summed E-state index contributed by atoms with van der Waals surface area (Å²) < 4.78 is 28.6. The number of H-pyrrole nitrogens is 1. The maximum Gasteiger partial charge on any atom is 0.252 e. The van der Waals surface area contributed by atoms with E-state index in [2.05, 4.69) is 4.98 Å². The van der Waals surface area contributed by atoms with Gasteiger partial charge in [0.25, 0.3) is 5.56 Å². The number of sulfonamides is 1. The first-order chi connectivity index (χ1) is 14.3. The Labute approximate surface area is 181 Å². The van der Waals surface area contributed by atoms with Gasteiger partial charge in [-0.1, -0.05) is 43.0 Å². The quantitative estimate of drug-likeness (QED) is 0.601. The largest absolute Gasteiger partial charge is 0.322 e. The van der Waals surface area contributed by atoms with Crippen LogP contribution >= 0.6 is 11.6 Å². The predicted molar refractivity (Wildman–Crippen MR) is 120 cm³/mol. The van der Waals surface area contributed by atoms with E-state index in [0.29, 0.717) is 10.6 Å². The average Bonchev–Trinajstić information content (AvgIpc) is 2.73. The Morgan fingerprint density at radius 1 is 1.03 bits per heavy atom. The number of halogens is 1. The number of aromatic amines is 1. The van der Waals surface area contributed by atoms with Crippen LogP contribution in [0.3, 0.4) is 0 Å². The Hall–Kier alpha value is -2.15. The minimum absolute atomic E-state index is 0.0504. The van der Waals surface area contributed by atoms with E-state index in [9.17, 15) is 13.2 Å². The number of nitrogens with one attached hydrogen (secondary N) is 1. The third-order valence-electron chi connectivity index (χ3n) is 5.81. The summed E-state index contributed by atoms with van der Waals surface area (Å²) in [7, 11) is -3.77. The molecule has 0 atom stereocenters. The first kappa shape index (κ1) is 21.1. The molecule has 1 fully saturated rings. The smallest absolute Gasteiger partial charge is 0.252 e. The number of benzene rings is 2. The lowest BCUT2D eigenvalue weighted by molar-refractivity contribution is 0.247. The number of rotatable bonds is 5. The van der Waals surface area contributed by atoms with E-state index >= 15 is 0 Å². The van der Waals surface area contributed by atoms with Gasteiger partial charge in [0.2, 0.25) is 10.0 Å². The molecular formula is C23H25ClN2O3S. The molecule has 0 unspecified atom stereocenters.